The number of carboxylic acids is 1. The SMILES string of the molecule is CN1C=C2[C@@H](CCC[C@H]2NC(=O)c2ccc3nc(-c4ccc(F)cc4)c(CCCCC(=O)O)nc3c2)CC1. The molecule has 0 spiro atoms. The molecule has 2 N–H and O–H groups in total. The molecule has 1 aliphatic carbocycles. The second kappa shape index (κ2) is 11.3. The van der Waals surface area contributed by atoms with E-state index in [-0.39, 0.29) is 24.2 Å². The molecule has 8 heteroatoms. The van der Waals surface area contributed by atoms with Crippen molar-refractivity contribution in [2.45, 2.75) is 57.4 Å². The van der Waals surface area contributed by atoms with Gasteiger partial charge in [-0.3, -0.25) is 9.59 Å². The molecule has 2 aromatic carbocycles. The first-order valence-corrected chi connectivity index (χ1v) is 13.4. The number of amides is 1. The van der Waals surface area contributed by atoms with Crippen molar-refractivity contribution in [3.8, 4) is 11.3 Å². The van der Waals surface area contributed by atoms with Crippen molar-refractivity contribution in [3.63, 3.8) is 0 Å². The van der Waals surface area contributed by atoms with Crippen LogP contribution in [0.1, 0.15) is 61.0 Å². The second-order valence-electron chi connectivity index (χ2n) is 10.4. The number of rotatable bonds is 8. The summed E-state index contributed by atoms with van der Waals surface area (Å²) < 4.78 is 13.5. The molecule has 1 amide bonds. The molecule has 3 aromatic rings. The second-order valence-corrected chi connectivity index (χ2v) is 10.4. The number of fused-ring (bicyclic) bond motifs is 2. The van der Waals surface area contributed by atoms with Crippen molar-refractivity contribution in [2.24, 2.45) is 5.92 Å². The lowest BCUT2D eigenvalue weighted by Crippen LogP contribution is -2.43. The smallest absolute Gasteiger partial charge is 0.303 e. The maximum atomic E-state index is 13.5. The van der Waals surface area contributed by atoms with Crippen molar-refractivity contribution in [2.75, 3.05) is 13.6 Å². The maximum Gasteiger partial charge on any atom is 0.303 e. The normalized spacial score (nSPS) is 19.1. The quantitative estimate of drug-likeness (QED) is 0.392. The van der Waals surface area contributed by atoms with Gasteiger partial charge in [-0.2, -0.15) is 0 Å². The van der Waals surface area contributed by atoms with E-state index in [2.05, 4.69) is 23.5 Å². The van der Waals surface area contributed by atoms with E-state index in [1.54, 1.807) is 30.3 Å². The number of halogens is 1. The number of hydrogen-bond acceptors (Lipinski definition) is 5. The molecule has 7 nitrogen and oxygen atoms in total. The molecule has 0 saturated heterocycles. The molecule has 1 saturated carbocycles. The fourth-order valence-electron chi connectivity index (χ4n) is 5.58. The van der Waals surface area contributed by atoms with Crippen molar-refractivity contribution in [3.05, 3.63) is 71.3 Å². The summed E-state index contributed by atoms with van der Waals surface area (Å²) >= 11 is 0. The number of aryl methyl sites for hydroxylation is 1. The number of unbranched alkanes of at least 4 members (excludes halogenated alkanes) is 1. The van der Waals surface area contributed by atoms with Gasteiger partial charge >= 0.3 is 5.97 Å². The Labute approximate surface area is 221 Å². The fraction of sp³-hybridized carbons (Fsp3) is 0.400. The van der Waals surface area contributed by atoms with E-state index >= 15 is 0 Å². The Bertz CT molecular complexity index is 1370. The first-order chi connectivity index (χ1) is 18.4. The van der Waals surface area contributed by atoms with Crippen LogP contribution in [0.5, 0.6) is 0 Å². The van der Waals surface area contributed by atoms with Crippen LogP contribution in [0.4, 0.5) is 4.39 Å². The highest BCUT2D eigenvalue weighted by atomic mass is 19.1. The highest BCUT2D eigenvalue weighted by Gasteiger charge is 2.31. The standard InChI is InChI=1S/C30H33FN4O3/c1-35-16-15-19-5-4-7-24(23(19)18-35)34-30(38)21-11-14-25-27(17-21)32-26(6-2-3-8-28(36)37)29(33-25)20-9-12-22(31)13-10-20/h9-14,17-19,24H,2-8,15-16H2,1H3,(H,34,38)(H,36,37)/t19-,24+/m0/s1. The molecule has 2 atom stereocenters. The Morgan fingerprint density at radius 2 is 1.87 bits per heavy atom. The van der Waals surface area contributed by atoms with Gasteiger partial charge in [0.05, 0.1) is 28.5 Å². The minimum atomic E-state index is -0.830. The van der Waals surface area contributed by atoms with Crippen LogP contribution in [0.25, 0.3) is 22.3 Å². The molecule has 2 heterocycles. The van der Waals surface area contributed by atoms with Gasteiger partial charge in [0, 0.05) is 37.3 Å². The van der Waals surface area contributed by atoms with Crippen LogP contribution >= 0.6 is 0 Å². The molecule has 198 valence electrons. The zero-order chi connectivity index (χ0) is 26.6. The van der Waals surface area contributed by atoms with E-state index < -0.39 is 5.97 Å². The first-order valence-electron chi connectivity index (χ1n) is 13.4. The van der Waals surface area contributed by atoms with Crippen LogP contribution in [0, 0.1) is 11.7 Å². The van der Waals surface area contributed by atoms with Crippen LogP contribution in [0.2, 0.25) is 0 Å². The summed E-state index contributed by atoms with van der Waals surface area (Å²) in [5, 5.41) is 12.2. The topological polar surface area (TPSA) is 95.4 Å². The highest BCUT2D eigenvalue weighted by molar-refractivity contribution is 5.97. The maximum absolute atomic E-state index is 13.5. The predicted molar refractivity (Wildman–Crippen MR) is 144 cm³/mol. The number of benzene rings is 2. The molecule has 0 bridgehead atoms. The summed E-state index contributed by atoms with van der Waals surface area (Å²) in [6, 6.07) is 11.5. The van der Waals surface area contributed by atoms with Crippen molar-refractivity contribution in [1.82, 2.24) is 20.2 Å². The molecule has 1 aromatic heterocycles. The molecule has 1 aliphatic heterocycles. The van der Waals surface area contributed by atoms with E-state index in [9.17, 15) is 14.0 Å². The number of carboxylic acid groups (broad SMARTS) is 1. The zero-order valence-corrected chi connectivity index (χ0v) is 21.6. The third kappa shape index (κ3) is 5.85. The van der Waals surface area contributed by atoms with Gasteiger partial charge < -0.3 is 15.3 Å². The number of nitrogens with zero attached hydrogens (tertiary/aromatic N) is 3. The molecule has 2 aliphatic rings. The van der Waals surface area contributed by atoms with Gasteiger partial charge in [0.2, 0.25) is 0 Å². The molecular formula is C30H33FN4O3. The van der Waals surface area contributed by atoms with Crippen molar-refractivity contribution >= 4 is 22.9 Å². The van der Waals surface area contributed by atoms with Crippen LogP contribution in [-0.2, 0) is 11.2 Å². The summed E-state index contributed by atoms with van der Waals surface area (Å²) in [4.78, 5) is 36.1. The largest absolute Gasteiger partial charge is 0.481 e. The molecule has 1 fully saturated rings. The zero-order valence-electron chi connectivity index (χ0n) is 21.6. The Hall–Kier alpha value is -3.81. The minimum absolute atomic E-state index is 0.0384. The Morgan fingerprint density at radius 1 is 1.05 bits per heavy atom. The Balaban J connectivity index is 1.41. The summed E-state index contributed by atoms with van der Waals surface area (Å²) in [6.45, 7) is 1.05. The summed E-state index contributed by atoms with van der Waals surface area (Å²) in [7, 11) is 2.08. The third-order valence-corrected chi connectivity index (χ3v) is 7.59. The van der Waals surface area contributed by atoms with Crippen LogP contribution in [-0.4, -0.2) is 51.5 Å². The third-order valence-electron chi connectivity index (χ3n) is 7.59. The van der Waals surface area contributed by atoms with E-state index in [0.717, 1.165) is 31.4 Å². The average Bonchev–Trinajstić information content (AvgIpc) is 2.91. The van der Waals surface area contributed by atoms with Crippen molar-refractivity contribution < 1.29 is 19.1 Å². The molecule has 0 radical (unpaired) electrons. The van der Waals surface area contributed by atoms with Gasteiger partial charge in [-0.1, -0.05) is 6.42 Å². The van der Waals surface area contributed by atoms with E-state index in [4.69, 9.17) is 15.1 Å². The lowest BCUT2D eigenvalue weighted by Gasteiger charge is -2.38. The van der Waals surface area contributed by atoms with Crippen LogP contribution in [0.15, 0.2) is 54.2 Å². The Morgan fingerprint density at radius 3 is 2.66 bits per heavy atom. The monoisotopic (exact) mass is 516 g/mol. The van der Waals surface area contributed by atoms with E-state index in [0.29, 0.717) is 53.2 Å². The van der Waals surface area contributed by atoms with Crippen molar-refractivity contribution in [1.29, 1.82) is 0 Å². The van der Waals surface area contributed by atoms with Gasteiger partial charge in [0.25, 0.3) is 5.91 Å². The molecule has 38 heavy (non-hydrogen) atoms. The lowest BCUT2D eigenvalue weighted by atomic mass is 9.78. The van der Waals surface area contributed by atoms with Gasteiger partial charge in [0.1, 0.15) is 5.82 Å². The number of aromatic nitrogens is 2. The lowest BCUT2D eigenvalue weighted by molar-refractivity contribution is -0.137. The number of carbonyl (C=O) groups excluding carboxylic acids is 1. The molecule has 5 rings (SSSR count). The Kier molecular flexibility index (Phi) is 7.67. The first kappa shape index (κ1) is 25.8. The molecular weight excluding hydrogens is 483 g/mol. The van der Waals surface area contributed by atoms with E-state index in [1.807, 2.05) is 0 Å². The van der Waals surface area contributed by atoms with Crippen LogP contribution < -0.4 is 5.32 Å². The average molecular weight is 517 g/mol. The number of carbonyl (C=O) groups is 2. The van der Waals surface area contributed by atoms with Gasteiger partial charge in [-0.15, -0.1) is 0 Å². The van der Waals surface area contributed by atoms with Gasteiger partial charge in [0.15, 0.2) is 0 Å². The number of aliphatic carboxylic acids is 1. The van der Waals surface area contributed by atoms with Gasteiger partial charge in [-0.25, -0.2) is 14.4 Å². The number of nitrogens with one attached hydrogen (secondary N) is 1. The van der Waals surface area contributed by atoms with E-state index in [1.165, 1.54) is 24.1 Å². The predicted octanol–water partition coefficient (Wildman–Crippen LogP) is 5.35. The number of hydrogen-bond donors (Lipinski definition) is 2. The van der Waals surface area contributed by atoms with Gasteiger partial charge in [-0.05, 0) is 92.5 Å². The highest BCUT2D eigenvalue weighted by Crippen LogP contribution is 2.35. The van der Waals surface area contributed by atoms with Crippen LogP contribution in [0.3, 0.4) is 0 Å². The fourth-order valence-corrected chi connectivity index (χ4v) is 5.58. The molecule has 0 unspecified atom stereocenters. The minimum Gasteiger partial charge on any atom is -0.481 e. The summed E-state index contributed by atoms with van der Waals surface area (Å²) in [6.07, 6.45) is 8.35. The summed E-state index contributed by atoms with van der Waals surface area (Å²) in [5.74, 6) is -0.745. The summed E-state index contributed by atoms with van der Waals surface area (Å²) in [5.41, 5.74) is 5.20.